The summed E-state index contributed by atoms with van der Waals surface area (Å²) in [7, 11) is 0. The minimum atomic E-state index is 0.860. The topological polar surface area (TPSA) is 51.0 Å². The van der Waals surface area contributed by atoms with Gasteiger partial charge < -0.3 is 9.73 Å². The van der Waals surface area contributed by atoms with Crippen LogP contribution in [0.3, 0.4) is 0 Å². The number of hydrogen-bond donors (Lipinski definition) is 1. The minimum Gasteiger partial charge on any atom is -0.472 e. The molecule has 0 atom stereocenters. The van der Waals surface area contributed by atoms with Crippen LogP contribution in [0.4, 0.5) is 5.82 Å². The molecular formula is C13H17N3O. The number of hydrogen-bond acceptors (Lipinski definition) is 4. The second-order valence-electron chi connectivity index (χ2n) is 3.84. The maximum absolute atomic E-state index is 5.12. The van der Waals surface area contributed by atoms with Crippen LogP contribution < -0.4 is 5.32 Å². The molecule has 0 amide bonds. The van der Waals surface area contributed by atoms with Crippen LogP contribution in [0.2, 0.25) is 0 Å². The van der Waals surface area contributed by atoms with E-state index >= 15 is 0 Å². The Balaban J connectivity index is 2.46. The van der Waals surface area contributed by atoms with E-state index in [1.807, 2.05) is 6.07 Å². The van der Waals surface area contributed by atoms with Crippen molar-refractivity contribution >= 4 is 5.82 Å². The lowest BCUT2D eigenvalue weighted by molar-refractivity contribution is 0.568. The number of furan rings is 1. The average Bonchev–Trinajstić information content (AvgIpc) is 2.85. The minimum absolute atomic E-state index is 0.860. The highest BCUT2D eigenvalue weighted by Crippen LogP contribution is 2.26. The van der Waals surface area contributed by atoms with Gasteiger partial charge in [-0.2, -0.15) is 0 Å². The largest absolute Gasteiger partial charge is 0.472 e. The van der Waals surface area contributed by atoms with E-state index in [4.69, 9.17) is 4.42 Å². The van der Waals surface area contributed by atoms with Crippen molar-refractivity contribution in [2.75, 3.05) is 11.9 Å². The Labute approximate surface area is 101 Å². The summed E-state index contributed by atoms with van der Waals surface area (Å²) in [6, 6.07) is 1.93. The lowest BCUT2D eigenvalue weighted by atomic mass is 10.1. The molecule has 2 aromatic heterocycles. The Morgan fingerprint density at radius 3 is 2.82 bits per heavy atom. The summed E-state index contributed by atoms with van der Waals surface area (Å²) in [5.74, 6) is 0.931. The summed E-state index contributed by atoms with van der Waals surface area (Å²) in [6.07, 6.45) is 7.01. The van der Waals surface area contributed by atoms with E-state index in [1.165, 1.54) is 5.56 Å². The first-order valence-electron chi connectivity index (χ1n) is 5.97. The number of anilines is 1. The second kappa shape index (κ2) is 5.48. The molecule has 2 aromatic rings. The molecule has 2 rings (SSSR count). The van der Waals surface area contributed by atoms with Crippen molar-refractivity contribution in [3.63, 3.8) is 0 Å². The summed E-state index contributed by atoms with van der Waals surface area (Å²) in [4.78, 5) is 8.68. The lowest BCUT2D eigenvalue weighted by Crippen LogP contribution is -2.06. The third-order valence-corrected chi connectivity index (χ3v) is 2.58. The van der Waals surface area contributed by atoms with Crippen molar-refractivity contribution in [1.29, 1.82) is 0 Å². The van der Waals surface area contributed by atoms with E-state index in [0.717, 1.165) is 36.5 Å². The summed E-state index contributed by atoms with van der Waals surface area (Å²) in [5, 5.41) is 3.28. The molecule has 0 aliphatic rings. The van der Waals surface area contributed by atoms with Crippen molar-refractivity contribution in [3.8, 4) is 11.3 Å². The second-order valence-corrected chi connectivity index (χ2v) is 3.84. The van der Waals surface area contributed by atoms with Crippen LogP contribution in [-0.4, -0.2) is 16.5 Å². The zero-order chi connectivity index (χ0) is 12.1. The van der Waals surface area contributed by atoms with Gasteiger partial charge >= 0.3 is 0 Å². The molecule has 17 heavy (non-hydrogen) atoms. The molecule has 0 saturated carbocycles. The molecule has 90 valence electrons. The molecular weight excluding hydrogens is 214 g/mol. The molecule has 0 aromatic carbocycles. The van der Waals surface area contributed by atoms with Crippen LogP contribution in [0.15, 0.2) is 29.3 Å². The van der Waals surface area contributed by atoms with Crippen LogP contribution in [0.25, 0.3) is 11.3 Å². The van der Waals surface area contributed by atoms with Gasteiger partial charge in [0.15, 0.2) is 0 Å². The molecule has 0 unspecified atom stereocenters. The molecule has 0 aliphatic heterocycles. The lowest BCUT2D eigenvalue weighted by Gasteiger charge is -2.11. The van der Waals surface area contributed by atoms with E-state index in [-0.39, 0.29) is 0 Å². The Morgan fingerprint density at radius 1 is 1.29 bits per heavy atom. The third-order valence-electron chi connectivity index (χ3n) is 2.58. The van der Waals surface area contributed by atoms with Crippen LogP contribution >= 0.6 is 0 Å². The first-order valence-corrected chi connectivity index (χ1v) is 5.97. The molecule has 0 bridgehead atoms. The molecule has 0 aliphatic carbocycles. The van der Waals surface area contributed by atoms with Gasteiger partial charge in [0.1, 0.15) is 12.1 Å². The SMILES string of the molecule is CCCc1c(NCC)ncnc1-c1ccoc1. The van der Waals surface area contributed by atoms with Crippen molar-refractivity contribution in [3.05, 3.63) is 30.5 Å². The molecule has 4 heteroatoms. The van der Waals surface area contributed by atoms with Gasteiger partial charge in [0.2, 0.25) is 0 Å². The van der Waals surface area contributed by atoms with Gasteiger partial charge in [0.25, 0.3) is 0 Å². The van der Waals surface area contributed by atoms with Crippen molar-refractivity contribution < 1.29 is 4.42 Å². The van der Waals surface area contributed by atoms with Gasteiger partial charge in [0, 0.05) is 17.7 Å². The first-order chi connectivity index (χ1) is 8.36. The number of nitrogens with zero attached hydrogens (tertiary/aromatic N) is 2. The highest BCUT2D eigenvalue weighted by Gasteiger charge is 2.12. The van der Waals surface area contributed by atoms with Gasteiger partial charge in [0.05, 0.1) is 18.2 Å². The van der Waals surface area contributed by atoms with Gasteiger partial charge in [-0.05, 0) is 19.4 Å². The van der Waals surface area contributed by atoms with Crippen LogP contribution in [0.1, 0.15) is 25.8 Å². The van der Waals surface area contributed by atoms with Crippen molar-refractivity contribution in [2.45, 2.75) is 26.7 Å². The third kappa shape index (κ3) is 2.46. The first kappa shape index (κ1) is 11.6. The summed E-state index contributed by atoms with van der Waals surface area (Å²) in [5.41, 5.74) is 3.14. The smallest absolute Gasteiger partial charge is 0.133 e. The Kier molecular flexibility index (Phi) is 3.75. The van der Waals surface area contributed by atoms with Crippen LogP contribution in [0.5, 0.6) is 0 Å². The number of nitrogens with one attached hydrogen (secondary N) is 1. The molecule has 0 radical (unpaired) electrons. The molecule has 1 N–H and O–H groups in total. The highest BCUT2D eigenvalue weighted by molar-refractivity contribution is 5.67. The van der Waals surface area contributed by atoms with E-state index in [9.17, 15) is 0 Å². The fourth-order valence-corrected chi connectivity index (χ4v) is 1.87. The average molecular weight is 231 g/mol. The summed E-state index contributed by atoms with van der Waals surface area (Å²) < 4.78 is 5.12. The molecule has 0 saturated heterocycles. The van der Waals surface area contributed by atoms with E-state index in [0.29, 0.717) is 0 Å². The van der Waals surface area contributed by atoms with Gasteiger partial charge in [-0.3, -0.25) is 0 Å². The standard InChI is InChI=1S/C13H17N3O/c1-3-5-11-12(10-6-7-17-8-10)15-9-16-13(11)14-4-2/h6-9H,3-5H2,1-2H3,(H,14,15,16). The molecule has 4 nitrogen and oxygen atoms in total. The fraction of sp³-hybridized carbons (Fsp3) is 0.385. The zero-order valence-corrected chi connectivity index (χ0v) is 10.2. The summed E-state index contributed by atoms with van der Waals surface area (Å²) in [6.45, 7) is 5.08. The Hall–Kier alpha value is -1.84. The quantitative estimate of drug-likeness (QED) is 0.859. The number of rotatable bonds is 5. The van der Waals surface area contributed by atoms with E-state index in [1.54, 1.807) is 18.9 Å². The summed E-state index contributed by atoms with van der Waals surface area (Å²) >= 11 is 0. The molecule has 0 fully saturated rings. The highest BCUT2D eigenvalue weighted by atomic mass is 16.3. The van der Waals surface area contributed by atoms with Gasteiger partial charge in [-0.15, -0.1) is 0 Å². The van der Waals surface area contributed by atoms with E-state index < -0.39 is 0 Å². The monoisotopic (exact) mass is 231 g/mol. The number of aromatic nitrogens is 2. The normalized spacial score (nSPS) is 10.5. The van der Waals surface area contributed by atoms with Crippen LogP contribution in [-0.2, 0) is 6.42 Å². The predicted molar refractivity (Wildman–Crippen MR) is 67.9 cm³/mol. The Morgan fingerprint density at radius 2 is 2.18 bits per heavy atom. The van der Waals surface area contributed by atoms with Gasteiger partial charge in [-0.1, -0.05) is 13.3 Å². The molecule has 0 spiro atoms. The van der Waals surface area contributed by atoms with Crippen molar-refractivity contribution in [2.24, 2.45) is 0 Å². The maximum atomic E-state index is 5.12. The zero-order valence-electron chi connectivity index (χ0n) is 10.2. The van der Waals surface area contributed by atoms with Crippen molar-refractivity contribution in [1.82, 2.24) is 9.97 Å². The van der Waals surface area contributed by atoms with E-state index in [2.05, 4.69) is 29.1 Å². The Bertz CT molecular complexity index is 466. The maximum Gasteiger partial charge on any atom is 0.133 e. The van der Waals surface area contributed by atoms with Gasteiger partial charge in [-0.25, -0.2) is 9.97 Å². The molecule has 2 heterocycles. The fourth-order valence-electron chi connectivity index (χ4n) is 1.87. The predicted octanol–water partition coefficient (Wildman–Crippen LogP) is 3.12. The van der Waals surface area contributed by atoms with Crippen LogP contribution in [0, 0.1) is 0 Å².